The van der Waals surface area contributed by atoms with E-state index in [1.807, 2.05) is 0 Å². The van der Waals surface area contributed by atoms with E-state index in [4.69, 9.17) is 4.74 Å². The number of aromatic carboxylic acids is 1. The second-order valence-corrected chi connectivity index (χ2v) is 7.09. The standard InChI is InChI=1S/C18H23F2N3O4/c1-6-10-14(17(25)26)22-23(18(3,4)5)16(10)27-12-8-21-7-11(9(2)24)13(12)15(19)20/h7-9,15,24H,6H2,1-5H3,(H,25,26). The molecule has 0 bridgehead atoms. The van der Waals surface area contributed by atoms with E-state index in [0.717, 1.165) is 12.4 Å². The van der Waals surface area contributed by atoms with E-state index in [1.54, 1.807) is 27.7 Å². The molecular formula is C18H23F2N3O4. The van der Waals surface area contributed by atoms with Crippen LogP contribution in [-0.4, -0.2) is 30.9 Å². The monoisotopic (exact) mass is 383 g/mol. The lowest BCUT2D eigenvalue weighted by molar-refractivity contribution is 0.0687. The van der Waals surface area contributed by atoms with Gasteiger partial charge in [0, 0.05) is 17.3 Å². The van der Waals surface area contributed by atoms with E-state index >= 15 is 0 Å². The van der Waals surface area contributed by atoms with Crippen LogP contribution in [0.3, 0.4) is 0 Å². The Morgan fingerprint density at radius 3 is 2.41 bits per heavy atom. The zero-order chi connectivity index (χ0) is 20.5. The van der Waals surface area contributed by atoms with E-state index in [9.17, 15) is 23.8 Å². The van der Waals surface area contributed by atoms with Gasteiger partial charge in [0.15, 0.2) is 11.4 Å². The molecule has 0 aliphatic heterocycles. The molecule has 0 saturated heterocycles. The van der Waals surface area contributed by atoms with E-state index in [1.165, 1.54) is 11.6 Å². The van der Waals surface area contributed by atoms with Crippen molar-refractivity contribution in [3.05, 3.63) is 34.8 Å². The van der Waals surface area contributed by atoms with Gasteiger partial charge in [0.2, 0.25) is 5.88 Å². The molecule has 0 amide bonds. The number of aliphatic hydroxyl groups is 1. The number of aromatic nitrogens is 3. The first-order valence-electron chi connectivity index (χ1n) is 8.46. The van der Waals surface area contributed by atoms with Crippen LogP contribution < -0.4 is 4.74 Å². The third kappa shape index (κ3) is 4.08. The molecule has 2 heterocycles. The van der Waals surface area contributed by atoms with Gasteiger partial charge in [0.1, 0.15) is 0 Å². The largest absolute Gasteiger partial charge is 0.476 e. The SMILES string of the molecule is CCc1c(C(=O)O)nn(C(C)(C)C)c1Oc1cncc(C(C)O)c1C(F)F. The molecule has 9 heteroatoms. The third-order valence-electron chi connectivity index (χ3n) is 3.98. The minimum Gasteiger partial charge on any atom is -0.476 e. The zero-order valence-electron chi connectivity index (χ0n) is 15.8. The molecule has 0 aliphatic rings. The maximum atomic E-state index is 13.7. The summed E-state index contributed by atoms with van der Waals surface area (Å²) in [6.07, 6.45) is -1.53. The maximum Gasteiger partial charge on any atom is 0.356 e. The molecule has 0 saturated carbocycles. The third-order valence-corrected chi connectivity index (χ3v) is 3.98. The Labute approximate surface area is 155 Å². The number of rotatable bonds is 6. The molecule has 0 aromatic carbocycles. The van der Waals surface area contributed by atoms with Gasteiger partial charge in [0.05, 0.1) is 23.4 Å². The fourth-order valence-electron chi connectivity index (χ4n) is 2.70. The molecule has 1 atom stereocenters. The van der Waals surface area contributed by atoms with Gasteiger partial charge in [-0.1, -0.05) is 6.92 Å². The van der Waals surface area contributed by atoms with Crippen LogP contribution in [0.15, 0.2) is 12.4 Å². The molecule has 27 heavy (non-hydrogen) atoms. The summed E-state index contributed by atoms with van der Waals surface area (Å²) in [6, 6.07) is 0. The molecule has 0 fully saturated rings. The average Bonchev–Trinajstić information content (AvgIpc) is 2.93. The number of halogens is 2. The van der Waals surface area contributed by atoms with Crippen molar-refractivity contribution in [2.24, 2.45) is 0 Å². The Balaban J connectivity index is 2.71. The normalized spacial score (nSPS) is 13.1. The Hall–Kier alpha value is -2.55. The topological polar surface area (TPSA) is 97.5 Å². The molecular weight excluding hydrogens is 360 g/mol. The van der Waals surface area contributed by atoms with Crippen LogP contribution in [0, 0.1) is 0 Å². The first kappa shape index (κ1) is 20.8. The lowest BCUT2D eigenvalue weighted by Gasteiger charge is -2.23. The molecule has 2 aromatic rings. The highest BCUT2D eigenvalue weighted by Crippen LogP contribution is 2.39. The van der Waals surface area contributed by atoms with Crippen molar-refractivity contribution in [2.45, 2.75) is 59.1 Å². The maximum absolute atomic E-state index is 13.7. The fraction of sp³-hybridized carbons (Fsp3) is 0.500. The van der Waals surface area contributed by atoms with Crippen LogP contribution >= 0.6 is 0 Å². The number of alkyl halides is 2. The average molecular weight is 383 g/mol. The molecule has 1 unspecified atom stereocenters. The fourth-order valence-corrected chi connectivity index (χ4v) is 2.70. The first-order valence-corrected chi connectivity index (χ1v) is 8.46. The van der Waals surface area contributed by atoms with Crippen LogP contribution in [0.4, 0.5) is 8.78 Å². The van der Waals surface area contributed by atoms with Crippen molar-refractivity contribution in [1.29, 1.82) is 0 Å². The van der Waals surface area contributed by atoms with Gasteiger partial charge >= 0.3 is 5.97 Å². The Morgan fingerprint density at radius 1 is 1.33 bits per heavy atom. The molecule has 7 nitrogen and oxygen atoms in total. The summed E-state index contributed by atoms with van der Waals surface area (Å²) in [6.45, 7) is 8.44. The minimum atomic E-state index is -2.91. The van der Waals surface area contributed by atoms with E-state index in [-0.39, 0.29) is 29.3 Å². The summed E-state index contributed by atoms with van der Waals surface area (Å²) in [5.74, 6) is -1.42. The van der Waals surface area contributed by atoms with Gasteiger partial charge in [-0.2, -0.15) is 5.10 Å². The van der Waals surface area contributed by atoms with Gasteiger partial charge in [-0.15, -0.1) is 0 Å². The molecule has 2 aromatic heterocycles. The van der Waals surface area contributed by atoms with Gasteiger partial charge in [0.25, 0.3) is 6.43 Å². The Kier molecular flexibility index (Phi) is 5.84. The number of carboxylic acid groups (broad SMARTS) is 1. The number of nitrogens with zero attached hydrogens (tertiary/aromatic N) is 3. The lowest BCUT2D eigenvalue weighted by atomic mass is 10.1. The predicted octanol–water partition coefficient (Wildman–Crippen LogP) is 4.08. The minimum absolute atomic E-state index is 0.0548. The van der Waals surface area contributed by atoms with Gasteiger partial charge in [-0.25, -0.2) is 18.3 Å². The number of carboxylic acids is 1. The molecule has 0 aliphatic carbocycles. The van der Waals surface area contributed by atoms with Crippen LogP contribution in [0.2, 0.25) is 0 Å². The van der Waals surface area contributed by atoms with E-state index < -0.39 is 29.6 Å². The predicted molar refractivity (Wildman–Crippen MR) is 93.5 cm³/mol. The van der Waals surface area contributed by atoms with Crippen molar-refractivity contribution >= 4 is 5.97 Å². The quantitative estimate of drug-likeness (QED) is 0.780. The second-order valence-electron chi connectivity index (χ2n) is 7.09. The van der Waals surface area contributed by atoms with E-state index in [0.29, 0.717) is 5.56 Å². The van der Waals surface area contributed by atoms with Crippen molar-refractivity contribution in [1.82, 2.24) is 14.8 Å². The van der Waals surface area contributed by atoms with Crippen molar-refractivity contribution in [3.63, 3.8) is 0 Å². The van der Waals surface area contributed by atoms with Crippen molar-refractivity contribution in [2.75, 3.05) is 0 Å². The van der Waals surface area contributed by atoms with Gasteiger partial charge in [-0.3, -0.25) is 4.98 Å². The summed E-state index contributed by atoms with van der Waals surface area (Å²) >= 11 is 0. The van der Waals surface area contributed by atoms with E-state index in [2.05, 4.69) is 10.1 Å². The Morgan fingerprint density at radius 2 is 1.96 bits per heavy atom. The van der Waals surface area contributed by atoms with Crippen molar-refractivity contribution < 1.29 is 28.5 Å². The second kappa shape index (κ2) is 7.59. The molecule has 2 N–H and O–H groups in total. The van der Waals surface area contributed by atoms with Crippen LogP contribution in [0.1, 0.15) is 74.3 Å². The summed E-state index contributed by atoms with van der Waals surface area (Å²) in [4.78, 5) is 15.4. The summed E-state index contributed by atoms with van der Waals surface area (Å²) in [5.41, 5.74) is -1.10. The van der Waals surface area contributed by atoms with Gasteiger partial charge < -0.3 is 14.9 Å². The van der Waals surface area contributed by atoms with Crippen LogP contribution in [0.5, 0.6) is 11.6 Å². The van der Waals surface area contributed by atoms with Gasteiger partial charge in [-0.05, 0) is 34.1 Å². The first-order chi connectivity index (χ1) is 12.5. The van der Waals surface area contributed by atoms with Crippen LogP contribution in [0.25, 0.3) is 0 Å². The number of hydrogen-bond acceptors (Lipinski definition) is 5. The number of carbonyl (C=O) groups is 1. The van der Waals surface area contributed by atoms with Crippen LogP contribution in [-0.2, 0) is 12.0 Å². The summed E-state index contributed by atoms with van der Waals surface area (Å²) in [5, 5.41) is 23.3. The zero-order valence-corrected chi connectivity index (χ0v) is 15.8. The summed E-state index contributed by atoms with van der Waals surface area (Å²) < 4.78 is 34.4. The van der Waals surface area contributed by atoms with Crippen molar-refractivity contribution in [3.8, 4) is 11.6 Å². The highest BCUT2D eigenvalue weighted by atomic mass is 19.3. The highest BCUT2D eigenvalue weighted by molar-refractivity contribution is 5.88. The molecule has 148 valence electrons. The summed E-state index contributed by atoms with van der Waals surface area (Å²) in [7, 11) is 0. The lowest BCUT2D eigenvalue weighted by Crippen LogP contribution is -2.24. The number of hydrogen-bond donors (Lipinski definition) is 2. The molecule has 0 spiro atoms. The highest BCUT2D eigenvalue weighted by Gasteiger charge is 2.30. The number of ether oxygens (including phenoxy) is 1. The number of pyridine rings is 1. The smallest absolute Gasteiger partial charge is 0.356 e. The molecule has 0 radical (unpaired) electrons. The molecule has 2 rings (SSSR count). The number of aliphatic hydroxyl groups excluding tert-OH is 1. The Bertz CT molecular complexity index is 842.